The summed E-state index contributed by atoms with van der Waals surface area (Å²) in [5.74, 6) is -2.10. The average molecular weight is 532 g/mol. The van der Waals surface area contributed by atoms with Gasteiger partial charge in [-0.25, -0.2) is 0 Å². The molecule has 0 radical (unpaired) electrons. The number of furan rings is 1. The first-order valence-corrected chi connectivity index (χ1v) is 13.7. The van der Waals surface area contributed by atoms with Crippen LogP contribution in [0.25, 0.3) is 6.08 Å². The molecule has 1 saturated heterocycles. The highest BCUT2D eigenvalue weighted by Crippen LogP contribution is 2.47. The lowest BCUT2D eigenvalue weighted by atomic mass is 9.67. The minimum Gasteiger partial charge on any atom is -0.481 e. The van der Waals surface area contributed by atoms with Gasteiger partial charge in [-0.05, 0) is 68.7 Å². The smallest absolute Gasteiger partial charge is 0.303 e. The summed E-state index contributed by atoms with van der Waals surface area (Å²) in [4.78, 5) is 38.5. The highest BCUT2D eigenvalue weighted by Gasteiger charge is 2.54. The Morgan fingerprint density at radius 3 is 2.50 bits per heavy atom. The number of likely N-dealkylation sites (tertiary alicyclic amines) is 1. The number of aliphatic carboxylic acids is 1. The Bertz CT molecular complexity index is 1050. The molecule has 0 unspecified atom stereocenters. The van der Waals surface area contributed by atoms with Crippen molar-refractivity contribution < 1.29 is 39.2 Å². The lowest BCUT2D eigenvalue weighted by Gasteiger charge is -2.36. The number of aliphatic hydroxyl groups is 3. The van der Waals surface area contributed by atoms with E-state index >= 15 is 0 Å². The van der Waals surface area contributed by atoms with Crippen molar-refractivity contribution in [1.29, 1.82) is 0 Å². The van der Waals surface area contributed by atoms with Crippen molar-refractivity contribution in [3.63, 3.8) is 0 Å². The van der Waals surface area contributed by atoms with Crippen LogP contribution in [0.4, 0.5) is 0 Å². The molecule has 210 valence electrons. The Morgan fingerprint density at radius 1 is 1.13 bits per heavy atom. The second-order valence-corrected chi connectivity index (χ2v) is 10.2. The van der Waals surface area contributed by atoms with E-state index in [1.54, 1.807) is 12.1 Å². The molecule has 1 fully saturated rings. The minimum absolute atomic E-state index is 0.0604. The number of aliphatic hydroxyl groups excluding tert-OH is 3. The summed E-state index contributed by atoms with van der Waals surface area (Å²) >= 11 is 0. The molecule has 2 amide bonds. The maximum atomic E-state index is 13.4. The van der Waals surface area contributed by atoms with Crippen molar-refractivity contribution >= 4 is 23.9 Å². The summed E-state index contributed by atoms with van der Waals surface area (Å²) in [5, 5.41) is 39.7. The quantitative estimate of drug-likeness (QED) is 0.152. The second kappa shape index (κ2) is 13.9. The van der Waals surface area contributed by atoms with Gasteiger partial charge >= 0.3 is 5.97 Å². The standard InChI is InChI=1S/C29H41NO8/c1-3-18(14-20-10-11-21(16-31)38-20)9-12-24(33)26-19(4-2)15-22-27(23(26)17-32)29(37)30(28(22)36)13-7-5-6-8-25(34)35/h10-11,14,22-24,27,31-33H,3-9,12-13,15-17H2,1-2H3,(H,34,35)/b18-14+/t22-,23+,24-,27-/m1/s1. The molecule has 4 N–H and O–H groups in total. The third-order valence-corrected chi connectivity index (χ3v) is 7.91. The Morgan fingerprint density at radius 2 is 1.89 bits per heavy atom. The van der Waals surface area contributed by atoms with Gasteiger partial charge in [-0.1, -0.05) is 31.4 Å². The van der Waals surface area contributed by atoms with Crippen LogP contribution in [0.1, 0.15) is 83.2 Å². The number of amides is 2. The molecule has 0 bridgehead atoms. The molecular weight excluding hydrogens is 490 g/mol. The minimum atomic E-state index is -0.863. The van der Waals surface area contributed by atoms with Crippen molar-refractivity contribution in [1.82, 2.24) is 4.90 Å². The number of nitrogens with zero attached hydrogens (tertiary/aromatic N) is 1. The fraction of sp³-hybridized carbons (Fsp3) is 0.621. The lowest BCUT2D eigenvalue weighted by Crippen LogP contribution is -2.39. The van der Waals surface area contributed by atoms with E-state index in [-0.39, 0.29) is 38.0 Å². The van der Waals surface area contributed by atoms with Gasteiger partial charge in [0, 0.05) is 18.9 Å². The van der Waals surface area contributed by atoms with E-state index < -0.39 is 29.8 Å². The van der Waals surface area contributed by atoms with E-state index in [1.807, 2.05) is 19.9 Å². The molecule has 2 aliphatic rings. The van der Waals surface area contributed by atoms with Crippen molar-refractivity contribution in [2.24, 2.45) is 17.8 Å². The van der Waals surface area contributed by atoms with E-state index in [0.29, 0.717) is 62.0 Å². The van der Waals surface area contributed by atoms with Gasteiger partial charge in [0.15, 0.2) is 0 Å². The van der Waals surface area contributed by atoms with Crippen LogP contribution in [-0.4, -0.2) is 62.4 Å². The SMILES string of the molecule is CCC1=C([C@H](O)CC/C(=C/c2ccc(CO)o2)CC)[C@H](CO)[C@@H]2C(=O)N(CCCCCC(=O)O)C(=O)[C@@H]2C1. The number of carbonyl (C=O) groups excluding carboxylic acids is 2. The maximum absolute atomic E-state index is 13.4. The predicted molar refractivity (Wildman–Crippen MR) is 140 cm³/mol. The summed E-state index contributed by atoms with van der Waals surface area (Å²) in [6.45, 7) is 3.74. The monoisotopic (exact) mass is 531 g/mol. The highest BCUT2D eigenvalue weighted by atomic mass is 16.4. The van der Waals surface area contributed by atoms with Gasteiger partial charge in [-0.15, -0.1) is 0 Å². The summed E-state index contributed by atoms with van der Waals surface area (Å²) in [5.41, 5.74) is 2.69. The van der Waals surface area contributed by atoms with Gasteiger partial charge in [0.2, 0.25) is 11.8 Å². The molecule has 0 saturated carbocycles. The van der Waals surface area contributed by atoms with Crippen LogP contribution >= 0.6 is 0 Å². The Kier molecular flexibility index (Phi) is 10.9. The van der Waals surface area contributed by atoms with Crippen molar-refractivity contribution in [2.45, 2.75) is 84.3 Å². The van der Waals surface area contributed by atoms with Gasteiger partial charge in [0.1, 0.15) is 18.1 Å². The Balaban J connectivity index is 1.71. The molecule has 0 aromatic carbocycles. The first-order valence-electron chi connectivity index (χ1n) is 13.7. The van der Waals surface area contributed by atoms with E-state index in [9.17, 15) is 29.7 Å². The number of hydrogen-bond donors (Lipinski definition) is 4. The number of carbonyl (C=O) groups is 3. The summed E-state index contributed by atoms with van der Waals surface area (Å²) in [6, 6.07) is 3.51. The fourth-order valence-corrected chi connectivity index (χ4v) is 5.89. The number of imide groups is 1. The number of carboxylic acids is 1. The zero-order valence-corrected chi connectivity index (χ0v) is 22.4. The van der Waals surface area contributed by atoms with Gasteiger partial charge in [-0.3, -0.25) is 19.3 Å². The van der Waals surface area contributed by atoms with Crippen LogP contribution in [0.5, 0.6) is 0 Å². The third-order valence-electron chi connectivity index (χ3n) is 7.91. The largest absolute Gasteiger partial charge is 0.481 e. The summed E-state index contributed by atoms with van der Waals surface area (Å²) in [7, 11) is 0. The molecule has 38 heavy (non-hydrogen) atoms. The molecule has 9 heteroatoms. The normalized spacial score (nSPS) is 22.8. The predicted octanol–water partition coefficient (Wildman–Crippen LogP) is 3.67. The van der Waals surface area contributed by atoms with E-state index in [0.717, 1.165) is 17.6 Å². The van der Waals surface area contributed by atoms with E-state index in [1.165, 1.54) is 4.90 Å². The average Bonchev–Trinajstić information content (AvgIpc) is 3.46. The van der Waals surface area contributed by atoms with E-state index in [2.05, 4.69) is 0 Å². The number of allylic oxidation sites excluding steroid dienone is 2. The van der Waals surface area contributed by atoms with Crippen molar-refractivity contribution in [2.75, 3.05) is 13.2 Å². The van der Waals surface area contributed by atoms with E-state index in [4.69, 9.17) is 9.52 Å². The van der Waals surface area contributed by atoms with Crippen LogP contribution in [0.3, 0.4) is 0 Å². The third kappa shape index (κ3) is 6.81. The molecule has 1 aromatic heterocycles. The number of hydrogen-bond acceptors (Lipinski definition) is 7. The van der Waals surface area contributed by atoms with Gasteiger partial charge in [-0.2, -0.15) is 0 Å². The Labute approximate surface area is 223 Å². The van der Waals surface area contributed by atoms with Crippen LogP contribution in [0, 0.1) is 17.8 Å². The fourth-order valence-electron chi connectivity index (χ4n) is 5.89. The number of rotatable bonds is 15. The lowest BCUT2D eigenvalue weighted by molar-refractivity contribution is -0.141. The van der Waals surface area contributed by atoms with Crippen molar-refractivity contribution in [3.8, 4) is 0 Å². The first-order chi connectivity index (χ1) is 18.2. The zero-order valence-electron chi connectivity index (χ0n) is 22.4. The molecule has 4 atom stereocenters. The Hall–Kier alpha value is -2.75. The van der Waals surface area contributed by atoms with Crippen LogP contribution < -0.4 is 0 Å². The number of carboxylic acid groups (broad SMARTS) is 1. The zero-order chi connectivity index (χ0) is 27.8. The van der Waals surface area contributed by atoms with Crippen LogP contribution in [-0.2, 0) is 21.0 Å². The topological polar surface area (TPSA) is 149 Å². The summed E-state index contributed by atoms with van der Waals surface area (Å²) in [6.07, 6.45) is 5.54. The highest BCUT2D eigenvalue weighted by molar-refractivity contribution is 6.05. The molecule has 1 aromatic rings. The van der Waals surface area contributed by atoms with Crippen molar-refractivity contribution in [3.05, 3.63) is 40.4 Å². The van der Waals surface area contributed by atoms with Crippen LogP contribution in [0.2, 0.25) is 0 Å². The molecule has 9 nitrogen and oxygen atoms in total. The molecule has 1 aliphatic heterocycles. The number of fused-ring (bicyclic) bond motifs is 1. The first kappa shape index (κ1) is 29.8. The van der Waals surface area contributed by atoms with Gasteiger partial charge in [0.25, 0.3) is 0 Å². The van der Waals surface area contributed by atoms with Crippen LogP contribution in [0.15, 0.2) is 33.3 Å². The molecule has 3 rings (SSSR count). The maximum Gasteiger partial charge on any atom is 0.303 e. The number of unbranched alkanes of at least 4 members (excludes halogenated alkanes) is 2. The van der Waals surface area contributed by atoms with Gasteiger partial charge in [0.05, 0.1) is 24.5 Å². The summed E-state index contributed by atoms with van der Waals surface area (Å²) < 4.78 is 5.56. The van der Waals surface area contributed by atoms with Gasteiger partial charge < -0.3 is 24.8 Å². The molecular formula is C29H41NO8. The molecule has 1 aliphatic carbocycles. The molecule has 2 heterocycles. The molecule has 0 spiro atoms. The second-order valence-electron chi connectivity index (χ2n) is 10.2.